The first-order chi connectivity index (χ1) is 27.7. The molecule has 14 nitrogen and oxygen atoms in total. The molecular formula is C42H40FN9O5. The van der Waals surface area contributed by atoms with Gasteiger partial charge in [-0.25, -0.2) is 19.0 Å². The number of para-hydroxylation sites is 1. The normalized spacial score (nSPS) is 26.1. The number of ether oxygens (including phenoxy) is 1. The molecule has 1 saturated carbocycles. The maximum Gasteiger partial charge on any atom is 0.262 e. The first-order valence-electron chi connectivity index (χ1n) is 19.5. The Bertz CT molecular complexity index is 2440. The molecule has 0 spiro atoms. The highest BCUT2D eigenvalue weighted by Crippen LogP contribution is 2.42. The Balaban J connectivity index is 0.792. The molecule has 6 heterocycles. The molecule has 5 aliphatic rings. The highest BCUT2D eigenvalue weighted by Gasteiger charge is 2.47. The summed E-state index contributed by atoms with van der Waals surface area (Å²) in [4.78, 5) is 65.4. The van der Waals surface area contributed by atoms with E-state index in [0.29, 0.717) is 41.1 Å². The molecule has 2 bridgehead atoms. The quantitative estimate of drug-likeness (QED) is 0.206. The molecule has 15 heteroatoms. The zero-order valence-corrected chi connectivity index (χ0v) is 31.0. The van der Waals surface area contributed by atoms with Crippen LogP contribution in [0, 0.1) is 5.92 Å². The van der Waals surface area contributed by atoms with Gasteiger partial charge in [0.1, 0.15) is 41.6 Å². The van der Waals surface area contributed by atoms with E-state index >= 15 is 4.39 Å². The smallest absolute Gasteiger partial charge is 0.262 e. The summed E-state index contributed by atoms with van der Waals surface area (Å²) < 4.78 is 24.0. The summed E-state index contributed by atoms with van der Waals surface area (Å²) in [6, 6.07) is 21.4. The Morgan fingerprint density at radius 2 is 1.63 bits per heavy atom. The number of carbonyl (C=O) groups is 4. The van der Waals surface area contributed by atoms with E-state index in [9.17, 15) is 19.2 Å². The number of piperidine rings is 1. The zero-order valence-electron chi connectivity index (χ0n) is 31.0. The van der Waals surface area contributed by atoms with Crippen LogP contribution >= 0.6 is 0 Å². The largest absolute Gasteiger partial charge is 0.457 e. The number of nitrogen functional groups attached to an aromatic ring is 1. The van der Waals surface area contributed by atoms with E-state index in [1.807, 2.05) is 60.7 Å². The number of likely N-dealkylation sites (tertiary alicyclic amines) is 1. The average Bonchev–Trinajstić information content (AvgIpc) is 3.97. The lowest BCUT2D eigenvalue weighted by Crippen LogP contribution is -2.54. The van der Waals surface area contributed by atoms with Crippen molar-refractivity contribution < 1.29 is 28.3 Å². The third-order valence-corrected chi connectivity index (χ3v) is 12.4. The van der Waals surface area contributed by atoms with Crippen LogP contribution in [0.15, 0.2) is 79.1 Å². The number of anilines is 2. The van der Waals surface area contributed by atoms with Crippen LogP contribution in [0.2, 0.25) is 0 Å². The van der Waals surface area contributed by atoms with Crippen LogP contribution in [0.1, 0.15) is 65.3 Å². The van der Waals surface area contributed by atoms with Gasteiger partial charge in [0.25, 0.3) is 11.8 Å². The van der Waals surface area contributed by atoms with Crippen molar-refractivity contribution in [3.8, 4) is 22.8 Å². The molecule has 2 aromatic heterocycles. The molecule has 4 amide bonds. The van der Waals surface area contributed by atoms with Crippen molar-refractivity contribution in [2.75, 3.05) is 30.3 Å². The Kier molecular flexibility index (Phi) is 8.50. The van der Waals surface area contributed by atoms with Crippen molar-refractivity contribution in [1.29, 1.82) is 0 Å². The Hall–Kier alpha value is -6.22. The number of carbonyl (C=O) groups excluding carboxylic acids is 4. The minimum atomic E-state index is -1.12. The van der Waals surface area contributed by atoms with Crippen LogP contribution in [0.4, 0.5) is 15.9 Å². The van der Waals surface area contributed by atoms with Crippen LogP contribution in [0.3, 0.4) is 0 Å². The van der Waals surface area contributed by atoms with Gasteiger partial charge in [0.2, 0.25) is 11.8 Å². The van der Waals surface area contributed by atoms with E-state index in [-0.39, 0.29) is 42.0 Å². The SMILES string of the molecule is Nc1ncnc2c1c(-c1ccc(Oc3ccccc3)cc1)nn2C1CCC(CN2C[C@H]3C[C@@H]2CN3c2ccc3c(c2)C(=O)N(C2CCC(=O)NC2=O)C3=O)CC1F. The van der Waals surface area contributed by atoms with Crippen molar-refractivity contribution in [2.45, 2.75) is 68.9 Å². The number of nitrogens with one attached hydrogen (secondary N) is 1. The molecule has 3 N–H and O–H groups in total. The zero-order chi connectivity index (χ0) is 38.9. The Morgan fingerprint density at radius 1 is 0.842 bits per heavy atom. The number of amides is 4. The number of piperazine rings is 1. The number of hydrogen-bond acceptors (Lipinski definition) is 11. The van der Waals surface area contributed by atoms with Gasteiger partial charge in [0.15, 0.2) is 5.65 Å². The van der Waals surface area contributed by atoms with Gasteiger partial charge in [-0.2, -0.15) is 5.10 Å². The molecule has 3 saturated heterocycles. The Morgan fingerprint density at radius 3 is 2.39 bits per heavy atom. The lowest BCUT2D eigenvalue weighted by atomic mass is 9.84. The second-order valence-electron chi connectivity index (χ2n) is 15.8. The number of nitrogens with zero attached hydrogens (tertiary/aromatic N) is 7. The predicted octanol–water partition coefficient (Wildman–Crippen LogP) is 4.91. The molecular weight excluding hydrogens is 730 g/mol. The van der Waals surface area contributed by atoms with Crippen LogP contribution < -0.4 is 20.7 Å². The number of benzene rings is 3. The van der Waals surface area contributed by atoms with E-state index < -0.39 is 41.9 Å². The first-order valence-corrected chi connectivity index (χ1v) is 19.5. The summed E-state index contributed by atoms with van der Waals surface area (Å²) in [5.41, 5.74) is 9.73. The number of imide groups is 2. The van der Waals surface area contributed by atoms with Crippen molar-refractivity contribution in [1.82, 2.24) is 34.9 Å². The summed E-state index contributed by atoms with van der Waals surface area (Å²) in [5.74, 6) is -0.155. The molecule has 290 valence electrons. The molecule has 3 aromatic carbocycles. The number of hydrogen-bond donors (Lipinski definition) is 2. The third-order valence-electron chi connectivity index (χ3n) is 12.4. The second kappa shape index (κ2) is 13.8. The number of aromatic nitrogens is 4. The summed E-state index contributed by atoms with van der Waals surface area (Å²) >= 11 is 0. The van der Waals surface area contributed by atoms with Gasteiger partial charge in [-0.1, -0.05) is 18.2 Å². The lowest BCUT2D eigenvalue weighted by molar-refractivity contribution is -0.136. The number of halogens is 1. The molecule has 6 atom stereocenters. The van der Waals surface area contributed by atoms with Crippen LogP contribution in [0.5, 0.6) is 11.5 Å². The molecule has 4 fully saturated rings. The van der Waals surface area contributed by atoms with E-state index in [2.05, 4.69) is 25.1 Å². The maximum atomic E-state index is 16.3. The lowest BCUT2D eigenvalue weighted by Gasteiger charge is -2.39. The van der Waals surface area contributed by atoms with Crippen LogP contribution in [0.25, 0.3) is 22.3 Å². The van der Waals surface area contributed by atoms with Gasteiger partial charge >= 0.3 is 0 Å². The average molecular weight is 770 g/mol. The molecule has 5 aromatic rings. The summed E-state index contributed by atoms with van der Waals surface area (Å²) in [6.45, 7) is 2.39. The molecule has 4 aliphatic heterocycles. The van der Waals surface area contributed by atoms with E-state index in [1.54, 1.807) is 16.8 Å². The Labute approximate surface area is 326 Å². The number of rotatable bonds is 8. The van der Waals surface area contributed by atoms with Crippen molar-refractivity contribution in [3.63, 3.8) is 0 Å². The van der Waals surface area contributed by atoms with Crippen LogP contribution in [-0.4, -0.2) is 97.1 Å². The standard InChI is InChI=1S/C42H40FN9O5/c43-32-16-23(6-13-33(32)52-39-36(38(44)45-22-46-39)37(48-52)24-7-10-29(11-8-24)57-28-4-2-1-3-5-28)19-49-20-27-17-26(49)21-50(27)25-9-12-30-31(18-25)42(56)51(41(30)55)34-14-15-35(53)47-40(34)54/h1-5,7-12,18,22-23,26-27,32-34H,6,13-17,19-21H2,(H2,44,45,46)(H,47,53,54)/t23?,26-,27-,32?,33?,34?/m1/s1. The van der Waals surface area contributed by atoms with E-state index in [1.165, 1.54) is 6.33 Å². The molecule has 1 aliphatic carbocycles. The van der Waals surface area contributed by atoms with Crippen molar-refractivity contribution >= 4 is 46.2 Å². The third kappa shape index (κ3) is 6.07. The van der Waals surface area contributed by atoms with Crippen LogP contribution in [-0.2, 0) is 9.59 Å². The molecule has 57 heavy (non-hydrogen) atoms. The second-order valence-corrected chi connectivity index (χ2v) is 15.8. The number of alkyl halides is 1. The fourth-order valence-electron chi connectivity index (χ4n) is 9.61. The highest BCUT2D eigenvalue weighted by atomic mass is 19.1. The first kappa shape index (κ1) is 35.2. The summed E-state index contributed by atoms with van der Waals surface area (Å²) in [5, 5.41) is 7.78. The van der Waals surface area contributed by atoms with E-state index in [4.69, 9.17) is 15.6 Å². The van der Waals surface area contributed by atoms with E-state index in [0.717, 1.165) is 54.4 Å². The topological polar surface area (TPSA) is 169 Å². The van der Waals surface area contributed by atoms with Crippen molar-refractivity contribution in [3.05, 3.63) is 90.3 Å². The fraction of sp³-hybridized carbons (Fsp3) is 0.357. The molecule has 4 unspecified atom stereocenters. The van der Waals surface area contributed by atoms with Gasteiger partial charge in [0, 0.05) is 49.4 Å². The van der Waals surface area contributed by atoms with Gasteiger partial charge in [-0.15, -0.1) is 0 Å². The summed E-state index contributed by atoms with van der Waals surface area (Å²) in [7, 11) is 0. The minimum absolute atomic E-state index is 0.0751. The number of fused-ring (bicyclic) bond motifs is 4. The van der Waals surface area contributed by atoms with Gasteiger partial charge in [-0.3, -0.25) is 34.3 Å². The minimum Gasteiger partial charge on any atom is -0.457 e. The fourth-order valence-corrected chi connectivity index (χ4v) is 9.61. The molecule has 0 radical (unpaired) electrons. The predicted molar refractivity (Wildman–Crippen MR) is 207 cm³/mol. The maximum absolute atomic E-state index is 16.3. The van der Waals surface area contributed by atoms with Gasteiger partial charge < -0.3 is 15.4 Å². The monoisotopic (exact) mass is 769 g/mol. The van der Waals surface area contributed by atoms with Crippen molar-refractivity contribution in [2.24, 2.45) is 5.92 Å². The highest BCUT2D eigenvalue weighted by molar-refractivity contribution is 6.23. The number of nitrogens with two attached hydrogens (primary N) is 1. The van der Waals surface area contributed by atoms with Gasteiger partial charge in [-0.05, 0) is 92.6 Å². The van der Waals surface area contributed by atoms with Gasteiger partial charge in [0.05, 0.1) is 22.6 Å². The molecule has 10 rings (SSSR count). The summed E-state index contributed by atoms with van der Waals surface area (Å²) in [6.07, 6.45) is 3.30.